The normalized spacial score (nSPS) is 15.0. The number of benzene rings is 1. The Morgan fingerprint density at radius 2 is 1.81 bits per heavy atom. The molecule has 21 heavy (non-hydrogen) atoms. The molecule has 0 aromatic heterocycles. The molecular formula is C15H15NO5. The number of nitrogens with zero attached hydrogens (tertiary/aromatic N) is 1. The van der Waals surface area contributed by atoms with Crippen LogP contribution in [0.2, 0.25) is 0 Å². The molecule has 0 N–H and O–H groups in total. The van der Waals surface area contributed by atoms with E-state index in [1.165, 1.54) is 0 Å². The van der Waals surface area contributed by atoms with Gasteiger partial charge in [-0.25, -0.2) is 14.5 Å². The van der Waals surface area contributed by atoms with E-state index in [4.69, 9.17) is 9.47 Å². The van der Waals surface area contributed by atoms with Gasteiger partial charge in [-0.2, -0.15) is 0 Å². The summed E-state index contributed by atoms with van der Waals surface area (Å²) in [5.74, 6) is -1.22. The summed E-state index contributed by atoms with van der Waals surface area (Å²) in [5.41, 5.74) is 1.03. The van der Waals surface area contributed by atoms with Gasteiger partial charge in [-0.3, -0.25) is 4.79 Å². The molecule has 0 fully saturated rings. The average Bonchev–Trinajstić information content (AvgIpc) is 2.72. The van der Waals surface area contributed by atoms with Crippen LogP contribution < -0.4 is 4.90 Å². The third kappa shape index (κ3) is 2.79. The molecule has 2 rings (SSSR count). The van der Waals surface area contributed by atoms with Gasteiger partial charge in [0.15, 0.2) is 0 Å². The summed E-state index contributed by atoms with van der Waals surface area (Å²) in [6, 6.07) is 6.71. The maximum atomic E-state index is 12.4. The van der Waals surface area contributed by atoms with Crippen LogP contribution >= 0.6 is 0 Å². The van der Waals surface area contributed by atoms with E-state index in [0.29, 0.717) is 11.3 Å². The van der Waals surface area contributed by atoms with Crippen LogP contribution in [0, 0.1) is 0 Å². The first-order valence-electron chi connectivity index (χ1n) is 6.59. The fourth-order valence-corrected chi connectivity index (χ4v) is 2.05. The number of esters is 1. The number of hydrogen-bond donors (Lipinski definition) is 0. The zero-order valence-electron chi connectivity index (χ0n) is 11.8. The Kier molecular flexibility index (Phi) is 4.37. The van der Waals surface area contributed by atoms with Crippen molar-refractivity contribution in [3.8, 4) is 0 Å². The van der Waals surface area contributed by atoms with Crippen LogP contribution in [0.5, 0.6) is 0 Å². The highest BCUT2D eigenvalue weighted by Gasteiger charge is 2.37. The van der Waals surface area contributed by atoms with Crippen LogP contribution in [0.1, 0.15) is 19.4 Å². The lowest BCUT2D eigenvalue weighted by Crippen LogP contribution is -2.34. The molecule has 0 bridgehead atoms. The molecule has 1 aromatic rings. The van der Waals surface area contributed by atoms with E-state index in [2.05, 4.69) is 0 Å². The maximum Gasteiger partial charge on any atom is 0.421 e. The first kappa shape index (κ1) is 14.8. The predicted molar refractivity (Wildman–Crippen MR) is 75.6 cm³/mol. The summed E-state index contributed by atoms with van der Waals surface area (Å²) in [6.45, 7) is 3.69. The van der Waals surface area contributed by atoms with Crippen molar-refractivity contribution < 1.29 is 23.9 Å². The molecule has 2 amide bonds. The lowest BCUT2D eigenvalue weighted by atomic mass is 10.1. The molecule has 0 saturated heterocycles. The zero-order chi connectivity index (χ0) is 15.4. The fourth-order valence-electron chi connectivity index (χ4n) is 2.05. The Labute approximate surface area is 121 Å². The number of para-hydroxylation sites is 1. The maximum absolute atomic E-state index is 12.4. The van der Waals surface area contributed by atoms with E-state index >= 15 is 0 Å². The summed E-state index contributed by atoms with van der Waals surface area (Å²) in [5, 5.41) is 0. The smallest absolute Gasteiger partial charge is 0.421 e. The molecule has 1 aromatic carbocycles. The highest BCUT2D eigenvalue weighted by Crippen LogP contribution is 2.36. The number of carbonyl (C=O) groups is 3. The summed E-state index contributed by atoms with van der Waals surface area (Å²) in [7, 11) is 0. The van der Waals surface area contributed by atoms with E-state index in [1.807, 2.05) is 0 Å². The topological polar surface area (TPSA) is 72.9 Å². The van der Waals surface area contributed by atoms with Gasteiger partial charge in [-0.1, -0.05) is 18.2 Å². The highest BCUT2D eigenvalue weighted by atomic mass is 16.6. The van der Waals surface area contributed by atoms with Crippen molar-refractivity contribution in [3.63, 3.8) is 0 Å². The molecule has 1 heterocycles. The third-order valence-electron chi connectivity index (χ3n) is 2.87. The highest BCUT2D eigenvalue weighted by molar-refractivity contribution is 6.40. The molecule has 0 saturated carbocycles. The predicted octanol–water partition coefficient (Wildman–Crippen LogP) is 2.14. The van der Waals surface area contributed by atoms with Crippen molar-refractivity contribution >= 4 is 29.2 Å². The molecule has 6 heteroatoms. The number of anilines is 1. The Morgan fingerprint density at radius 3 is 2.48 bits per heavy atom. The summed E-state index contributed by atoms with van der Waals surface area (Å²) < 4.78 is 9.68. The summed E-state index contributed by atoms with van der Waals surface area (Å²) in [4.78, 5) is 36.8. The standard InChI is InChI=1S/C15H15NO5/c1-3-20-13(17)9-11-10-7-5-6-8-12(10)16(14(11)18)15(19)21-4-2/h5-9H,3-4H2,1-2H3/b11-9+. The van der Waals surface area contributed by atoms with E-state index < -0.39 is 18.0 Å². The largest absolute Gasteiger partial charge is 0.463 e. The van der Waals surface area contributed by atoms with E-state index in [1.54, 1.807) is 38.1 Å². The van der Waals surface area contributed by atoms with Crippen molar-refractivity contribution in [1.82, 2.24) is 0 Å². The molecular weight excluding hydrogens is 274 g/mol. The second-order valence-corrected chi connectivity index (χ2v) is 4.17. The molecule has 0 radical (unpaired) electrons. The summed E-state index contributed by atoms with van der Waals surface area (Å²) >= 11 is 0. The quantitative estimate of drug-likeness (QED) is 0.629. The van der Waals surface area contributed by atoms with Crippen molar-refractivity contribution in [2.24, 2.45) is 0 Å². The van der Waals surface area contributed by atoms with Gasteiger partial charge in [0.25, 0.3) is 5.91 Å². The van der Waals surface area contributed by atoms with Crippen LogP contribution in [0.3, 0.4) is 0 Å². The lowest BCUT2D eigenvalue weighted by molar-refractivity contribution is -0.137. The molecule has 1 aliphatic heterocycles. The second kappa shape index (κ2) is 6.21. The molecule has 0 atom stereocenters. The fraction of sp³-hybridized carbons (Fsp3) is 0.267. The molecule has 1 aliphatic rings. The van der Waals surface area contributed by atoms with Gasteiger partial charge in [0, 0.05) is 11.6 Å². The Balaban J connectivity index is 2.44. The Morgan fingerprint density at radius 1 is 1.14 bits per heavy atom. The van der Waals surface area contributed by atoms with Gasteiger partial charge in [0.1, 0.15) is 0 Å². The van der Waals surface area contributed by atoms with Crippen LogP contribution in [-0.2, 0) is 19.1 Å². The first-order valence-corrected chi connectivity index (χ1v) is 6.59. The van der Waals surface area contributed by atoms with Gasteiger partial charge < -0.3 is 9.47 Å². The average molecular weight is 289 g/mol. The van der Waals surface area contributed by atoms with Crippen LogP contribution in [0.15, 0.2) is 30.3 Å². The van der Waals surface area contributed by atoms with Gasteiger partial charge in [-0.05, 0) is 19.9 Å². The number of imide groups is 1. The minimum Gasteiger partial charge on any atom is -0.463 e. The SMILES string of the molecule is CCOC(=O)/C=C1/C(=O)N(C(=O)OCC)c2ccccc21. The molecule has 110 valence electrons. The second-order valence-electron chi connectivity index (χ2n) is 4.17. The number of amides is 2. The van der Waals surface area contributed by atoms with Crippen molar-refractivity contribution in [3.05, 3.63) is 35.9 Å². The van der Waals surface area contributed by atoms with Gasteiger partial charge in [0.2, 0.25) is 0 Å². The molecule has 0 spiro atoms. The third-order valence-corrected chi connectivity index (χ3v) is 2.87. The molecule has 0 unspecified atom stereocenters. The van der Waals surface area contributed by atoms with Crippen molar-refractivity contribution in [2.75, 3.05) is 18.1 Å². The zero-order valence-corrected chi connectivity index (χ0v) is 11.8. The minimum atomic E-state index is -0.762. The van der Waals surface area contributed by atoms with Crippen LogP contribution in [0.4, 0.5) is 10.5 Å². The van der Waals surface area contributed by atoms with Crippen LogP contribution in [0.25, 0.3) is 5.57 Å². The molecule has 6 nitrogen and oxygen atoms in total. The Bertz CT molecular complexity index is 620. The van der Waals surface area contributed by atoms with Crippen molar-refractivity contribution in [1.29, 1.82) is 0 Å². The monoisotopic (exact) mass is 289 g/mol. The number of rotatable bonds is 3. The summed E-state index contributed by atoms with van der Waals surface area (Å²) in [6.07, 6.45) is 0.339. The Hall–Kier alpha value is -2.63. The van der Waals surface area contributed by atoms with E-state index in [9.17, 15) is 14.4 Å². The van der Waals surface area contributed by atoms with Gasteiger partial charge in [0.05, 0.1) is 24.5 Å². The minimum absolute atomic E-state index is 0.122. The van der Waals surface area contributed by atoms with Crippen LogP contribution in [-0.4, -0.2) is 31.2 Å². The van der Waals surface area contributed by atoms with Gasteiger partial charge in [-0.15, -0.1) is 0 Å². The lowest BCUT2D eigenvalue weighted by Gasteiger charge is -2.13. The number of ether oxygens (including phenoxy) is 2. The number of fused-ring (bicyclic) bond motifs is 1. The van der Waals surface area contributed by atoms with Gasteiger partial charge >= 0.3 is 12.1 Å². The van der Waals surface area contributed by atoms with E-state index in [0.717, 1.165) is 11.0 Å². The first-order chi connectivity index (χ1) is 10.1. The number of carbonyl (C=O) groups excluding carboxylic acids is 3. The van der Waals surface area contributed by atoms with Crippen molar-refractivity contribution in [2.45, 2.75) is 13.8 Å². The molecule has 0 aliphatic carbocycles. The number of hydrogen-bond acceptors (Lipinski definition) is 5. The van der Waals surface area contributed by atoms with E-state index in [-0.39, 0.29) is 18.8 Å².